The third-order valence-corrected chi connectivity index (χ3v) is 3.58. The zero-order valence-corrected chi connectivity index (χ0v) is 10.8. The van der Waals surface area contributed by atoms with Crippen LogP contribution in [0.1, 0.15) is 20.3 Å². The molecule has 0 bridgehead atoms. The van der Waals surface area contributed by atoms with Gasteiger partial charge in [-0.15, -0.1) is 6.58 Å². The minimum atomic E-state index is -1.21. The van der Waals surface area contributed by atoms with Gasteiger partial charge in [0.2, 0.25) is 11.8 Å². The van der Waals surface area contributed by atoms with E-state index in [2.05, 4.69) is 17.2 Å². The number of thioether (sulfide) groups is 1. The molecular weight excluding hydrogens is 240 g/mol. The third-order valence-electron chi connectivity index (χ3n) is 2.48. The van der Waals surface area contributed by atoms with Crippen LogP contribution in [0.5, 0.6) is 0 Å². The number of carbonyl (C=O) groups is 3. The van der Waals surface area contributed by atoms with E-state index in [-0.39, 0.29) is 6.42 Å². The molecule has 94 valence electrons. The molecule has 0 aliphatic carbocycles. The first-order chi connectivity index (χ1) is 7.92. The summed E-state index contributed by atoms with van der Waals surface area (Å²) in [5, 5.41) is 4.30. The maximum absolute atomic E-state index is 11.9. The quantitative estimate of drug-likeness (QED) is 0.569. The van der Waals surface area contributed by atoms with E-state index in [1.54, 1.807) is 6.92 Å². The number of hydrogen-bond donors (Lipinski definition) is 2. The number of imide groups is 2. The molecule has 0 unspecified atom stereocenters. The first-order valence-corrected chi connectivity index (χ1v) is 6.47. The molecule has 4 amide bonds. The normalized spacial score (nSPS) is 18.6. The molecule has 1 rings (SSSR count). The van der Waals surface area contributed by atoms with Crippen LogP contribution in [0.2, 0.25) is 0 Å². The molecule has 1 aliphatic rings. The minimum absolute atomic E-state index is 0.255. The number of nitrogens with one attached hydrogen (secondary N) is 2. The molecule has 0 atom stereocenters. The van der Waals surface area contributed by atoms with Crippen molar-refractivity contribution in [2.24, 2.45) is 5.41 Å². The van der Waals surface area contributed by atoms with Crippen molar-refractivity contribution in [1.29, 1.82) is 0 Å². The molecule has 17 heavy (non-hydrogen) atoms. The molecular formula is C11H16N2O3S. The van der Waals surface area contributed by atoms with Crippen LogP contribution in [-0.2, 0) is 9.59 Å². The summed E-state index contributed by atoms with van der Waals surface area (Å²) in [5.74, 6) is 0.0821. The lowest BCUT2D eigenvalue weighted by atomic mass is 9.81. The van der Waals surface area contributed by atoms with Gasteiger partial charge in [0, 0.05) is 5.75 Å². The minimum Gasteiger partial charge on any atom is -0.277 e. The molecule has 6 heteroatoms. The fourth-order valence-corrected chi connectivity index (χ4v) is 2.63. The summed E-state index contributed by atoms with van der Waals surface area (Å²) in [6.07, 6.45) is 0.255. The lowest BCUT2D eigenvalue weighted by Crippen LogP contribution is -2.63. The van der Waals surface area contributed by atoms with E-state index < -0.39 is 23.3 Å². The standard InChI is InChI=1S/C11H16N2O3S/c1-4-17-6-11(5-7(2)3)8(14)12-10(16)13-9(11)15/h2,4-6H2,1,3H3,(H2,12,13,14,15,16). The van der Waals surface area contributed by atoms with Crippen molar-refractivity contribution in [3.05, 3.63) is 12.2 Å². The Morgan fingerprint density at radius 2 is 1.82 bits per heavy atom. The number of hydrogen-bond acceptors (Lipinski definition) is 4. The summed E-state index contributed by atoms with van der Waals surface area (Å²) < 4.78 is 0. The van der Waals surface area contributed by atoms with Crippen molar-refractivity contribution in [1.82, 2.24) is 10.6 Å². The van der Waals surface area contributed by atoms with Gasteiger partial charge in [0.25, 0.3) is 0 Å². The fourth-order valence-electron chi connectivity index (χ4n) is 1.71. The van der Waals surface area contributed by atoms with Crippen LogP contribution in [0, 0.1) is 5.41 Å². The molecule has 0 radical (unpaired) electrons. The van der Waals surface area contributed by atoms with Crippen molar-refractivity contribution >= 4 is 29.6 Å². The summed E-state index contributed by atoms with van der Waals surface area (Å²) in [7, 11) is 0. The molecule has 0 aromatic carbocycles. The molecule has 1 saturated heterocycles. The van der Waals surface area contributed by atoms with Crippen LogP contribution < -0.4 is 10.6 Å². The van der Waals surface area contributed by atoms with Crippen LogP contribution in [0.3, 0.4) is 0 Å². The maximum atomic E-state index is 11.9. The van der Waals surface area contributed by atoms with Crippen molar-refractivity contribution in [2.45, 2.75) is 20.3 Å². The largest absolute Gasteiger partial charge is 0.328 e. The van der Waals surface area contributed by atoms with Crippen LogP contribution in [0.4, 0.5) is 4.79 Å². The smallest absolute Gasteiger partial charge is 0.277 e. The second-order valence-electron chi connectivity index (χ2n) is 4.09. The number of amides is 4. The first kappa shape index (κ1) is 13.8. The van der Waals surface area contributed by atoms with Crippen LogP contribution in [0.25, 0.3) is 0 Å². The summed E-state index contributed by atoms with van der Waals surface area (Å²) in [5.41, 5.74) is -0.471. The fraction of sp³-hybridized carbons (Fsp3) is 0.545. The van der Waals surface area contributed by atoms with Crippen LogP contribution in [0.15, 0.2) is 12.2 Å². The highest BCUT2D eigenvalue weighted by molar-refractivity contribution is 7.99. The van der Waals surface area contributed by atoms with E-state index in [9.17, 15) is 14.4 Å². The van der Waals surface area contributed by atoms with E-state index in [1.165, 1.54) is 11.8 Å². The summed E-state index contributed by atoms with van der Waals surface area (Å²) in [6.45, 7) is 7.44. The Bertz CT molecular complexity index is 359. The topological polar surface area (TPSA) is 75.3 Å². The molecule has 0 aromatic heterocycles. The molecule has 1 aliphatic heterocycles. The van der Waals surface area contributed by atoms with Gasteiger partial charge in [0.05, 0.1) is 0 Å². The van der Waals surface area contributed by atoms with Crippen molar-refractivity contribution < 1.29 is 14.4 Å². The predicted octanol–water partition coefficient (Wildman–Crippen LogP) is 1.06. The first-order valence-electron chi connectivity index (χ1n) is 5.31. The van der Waals surface area contributed by atoms with Gasteiger partial charge < -0.3 is 0 Å². The summed E-state index contributed by atoms with van der Waals surface area (Å²) in [6, 6.07) is -0.751. The number of allylic oxidation sites excluding steroid dienone is 1. The van der Waals surface area contributed by atoms with Crippen LogP contribution in [-0.4, -0.2) is 29.4 Å². The highest BCUT2D eigenvalue weighted by Crippen LogP contribution is 2.32. The Hall–Kier alpha value is -1.30. The highest BCUT2D eigenvalue weighted by atomic mass is 32.2. The SMILES string of the molecule is C=C(C)CC1(CSCC)C(=O)NC(=O)NC1=O. The molecule has 1 fully saturated rings. The third kappa shape index (κ3) is 2.88. The molecule has 2 N–H and O–H groups in total. The molecule has 5 nitrogen and oxygen atoms in total. The average Bonchev–Trinajstić information content (AvgIpc) is 2.21. The lowest BCUT2D eigenvalue weighted by Gasteiger charge is -2.33. The van der Waals surface area contributed by atoms with E-state index >= 15 is 0 Å². The zero-order chi connectivity index (χ0) is 13.1. The van der Waals surface area contributed by atoms with Gasteiger partial charge in [-0.25, -0.2) is 4.79 Å². The van der Waals surface area contributed by atoms with Gasteiger partial charge in [0.1, 0.15) is 5.41 Å². The monoisotopic (exact) mass is 256 g/mol. The van der Waals surface area contributed by atoms with E-state index in [1.807, 2.05) is 6.92 Å². The maximum Gasteiger partial charge on any atom is 0.328 e. The van der Waals surface area contributed by atoms with Crippen molar-refractivity contribution in [2.75, 3.05) is 11.5 Å². The van der Waals surface area contributed by atoms with Gasteiger partial charge >= 0.3 is 6.03 Å². The second-order valence-corrected chi connectivity index (χ2v) is 5.36. The number of barbiturate groups is 1. The van der Waals surface area contributed by atoms with E-state index in [4.69, 9.17) is 0 Å². The van der Waals surface area contributed by atoms with Gasteiger partial charge in [-0.05, 0) is 19.1 Å². The molecule has 0 aromatic rings. The van der Waals surface area contributed by atoms with E-state index in [0.29, 0.717) is 5.75 Å². The highest BCUT2D eigenvalue weighted by Gasteiger charge is 2.49. The number of rotatable bonds is 5. The van der Waals surface area contributed by atoms with Gasteiger partial charge in [-0.2, -0.15) is 11.8 Å². The zero-order valence-electron chi connectivity index (χ0n) is 9.96. The number of urea groups is 1. The summed E-state index contributed by atoms with van der Waals surface area (Å²) in [4.78, 5) is 34.9. The summed E-state index contributed by atoms with van der Waals surface area (Å²) >= 11 is 1.49. The molecule has 1 heterocycles. The Morgan fingerprint density at radius 1 is 1.29 bits per heavy atom. The van der Waals surface area contributed by atoms with Gasteiger partial charge in [-0.3, -0.25) is 20.2 Å². The molecule has 0 spiro atoms. The average molecular weight is 256 g/mol. The molecule has 0 saturated carbocycles. The lowest BCUT2D eigenvalue weighted by molar-refractivity contribution is -0.142. The van der Waals surface area contributed by atoms with Crippen molar-refractivity contribution in [3.63, 3.8) is 0 Å². The Balaban J connectivity index is 3.01. The van der Waals surface area contributed by atoms with E-state index in [0.717, 1.165) is 11.3 Å². The Labute approximate surface area is 104 Å². The van der Waals surface area contributed by atoms with Gasteiger partial charge in [-0.1, -0.05) is 12.5 Å². The number of carbonyl (C=O) groups excluding carboxylic acids is 3. The van der Waals surface area contributed by atoms with Gasteiger partial charge in [0.15, 0.2) is 0 Å². The second kappa shape index (κ2) is 5.35. The van der Waals surface area contributed by atoms with Crippen molar-refractivity contribution in [3.8, 4) is 0 Å². The van der Waals surface area contributed by atoms with Crippen LogP contribution >= 0.6 is 11.8 Å². The Kier molecular flexibility index (Phi) is 4.34. The Morgan fingerprint density at radius 3 is 2.24 bits per heavy atom. The predicted molar refractivity (Wildman–Crippen MR) is 66.5 cm³/mol.